The minimum absolute atomic E-state index is 0.316. The van der Waals surface area contributed by atoms with E-state index in [1.807, 2.05) is 0 Å². The molecule has 0 radical (unpaired) electrons. The molecule has 0 aliphatic rings. The highest BCUT2D eigenvalue weighted by Crippen LogP contribution is 2.40. The van der Waals surface area contributed by atoms with Crippen LogP contribution in [0.15, 0.2) is 36.4 Å². The number of nitro benzene ring substituents is 3. The lowest BCUT2D eigenvalue weighted by Crippen LogP contribution is -2.03. The minimum atomic E-state index is -0.933. The smallest absolute Gasteiger partial charge is 0.306 e. The SMILES string of the molecule is COc1ccc(Nc2c([N+](=O)[O-])cc([N+](=O)[O-])cc2[N+](=O)[O-])cc1. The third kappa shape index (κ3) is 3.35. The number of benzene rings is 2. The number of rotatable bonds is 6. The van der Waals surface area contributed by atoms with E-state index in [2.05, 4.69) is 5.32 Å². The van der Waals surface area contributed by atoms with Crippen molar-refractivity contribution in [2.24, 2.45) is 0 Å². The summed E-state index contributed by atoms with van der Waals surface area (Å²) >= 11 is 0. The molecular weight excluding hydrogens is 324 g/mol. The lowest BCUT2D eigenvalue weighted by atomic mass is 10.2. The van der Waals surface area contributed by atoms with E-state index in [-0.39, 0.29) is 0 Å². The van der Waals surface area contributed by atoms with Gasteiger partial charge in [-0.1, -0.05) is 0 Å². The summed E-state index contributed by atoms with van der Waals surface area (Å²) < 4.78 is 4.97. The van der Waals surface area contributed by atoms with Crippen LogP contribution in [0.25, 0.3) is 0 Å². The van der Waals surface area contributed by atoms with Gasteiger partial charge in [0.05, 0.1) is 34.0 Å². The van der Waals surface area contributed by atoms with E-state index in [4.69, 9.17) is 4.74 Å². The Hall–Kier alpha value is -3.76. The Bertz CT molecular complexity index is 785. The van der Waals surface area contributed by atoms with Crippen molar-refractivity contribution in [3.8, 4) is 5.75 Å². The van der Waals surface area contributed by atoms with Crippen molar-refractivity contribution in [2.45, 2.75) is 0 Å². The number of nitro groups is 3. The third-order valence-corrected chi connectivity index (χ3v) is 3.05. The van der Waals surface area contributed by atoms with E-state index in [1.165, 1.54) is 19.2 Å². The predicted octanol–water partition coefficient (Wildman–Crippen LogP) is 3.16. The van der Waals surface area contributed by atoms with Crippen molar-refractivity contribution in [1.82, 2.24) is 0 Å². The molecule has 0 amide bonds. The van der Waals surface area contributed by atoms with Gasteiger partial charge in [-0.2, -0.15) is 0 Å². The lowest BCUT2D eigenvalue weighted by molar-refractivity contribution is -0.401. The van der Waals surface area contributed by atoms with Gasteiger partial charge in [0.15, 0.2) is 5.69 Å². The average Bonchev–Trinajstić information content (AvgIpc) is 2.54. The van der Waals surface area contributed by atoms with Gasteiger partial charge in [0, 0.05) is 5.69 Å². The second kappa shape index (κ2) is 6.56. The molecular formula is C13H10N4O7. The fourth-order valence-electron chi connectivity index (χ4n) is 1.94. The number of ether oxygens (including phenoxy) is 1. The van der Waals surface area contributed by atoms with Gasteiger partial charge >= 0.3 is 11.4 Å². The standard InChI is InChI=1S/C13H10N4O7/c1-24-10-4-2-8(3-5-10)14-13-11(16(20)21)6-9(15(18)19)7-12(13)17(22)23/h2-7,14H,1H3. The van der Waals surface area contributed by atoms with Crippen molar-refractivity contribution >= 4 is 28.4 Å². The molecule has 124 valence electrons. The topological polar surface area (TPSA) is 151 Å². The van der Waals surface area contributed by atoms with Gasteiger partial charge in [0.25, 0.3) is 5.69 Å². The molecule has 0 spiro atoms. The van der Waals surface area contributed by atoms with Gasteiger partial charge < -0.3 is 10.1 Å². The molecule has 2 rings (SSSR count). The molecule has 11 nitrogen and oxygen atoms in total. The Morgan fingerprint density at radius 3 is 1.75 bits per heavy atom. The molecule has 24 heavy (non-hydrogen) atoms. The molecule has 0 aliphatic carbocycles. The van der Waals surface area contributed by atoms with Gasteiger partial charge in [0.1, 0.15) is 5.75 Å². The first kappa shape index (κ1) is 16.6. The van der Waals surface area contributed by atoms with Crippen molar-refractivity contribution < 1.29 is 19.5 Å². The van der Waals surface area contributed by atoms with E-state index >= 15 is 0 Å². The molecule has 0 aromatic heterocycles. The van der Waals surface area contributed by atoms with Crippen molar-refractivity contribution in [2.75, 3.05) is 12.4 Å². The molecule has 0 bridgehead atoms. The van der Waals surface area contributed by atoms with Crippen LogP contribution in [0.4, 0.5) is 28.4 Å². The first-order valence-electron chi connectivity index (χ1n) is 6.35. The molecule has 2 aromatic carbocycles. The zero-order valence-corrected chi connectivity index (χ0v) is 12.2. The van der Waals surface area contributed by atoms with Crippen LogP contribution in [0.3, 0.4) is 0 Å². The quantitative estimate of drug-likeness (QED) is 0.624. The third-order valence-electron chi connectivity index (χ3n) is 3.05. The molecule has 0 saturated heterocycles. The summed E-state index contributed by atoms with van der Waals surface area (Å²) in [5, 5.41) is 35.7. The monoisotopic (exact) mass is 334 g/mol. The highest BCUT2D eigenvalue weighted by atomic mass is 16.6. The molecule has 1 N–H and O–H groups in total. The normalized spacial score (nSPS) is 10.0. The summed E-state index contributed by atoms with van der Waals surface area (Å²) in [6.07, 6.45) is 0. The van der Waals surface area contributed by atoms with Gasteiger partial charge in [-0.3, -0.25) is 30.3 Å². The second-order valence-corrected chi connectivity index (χ2v) is 4.48. The zero-order valence-electron chi connectivity index (χ0n) is 12.2. The van der Waals surface area contributed by atoms with Crippen molar-refractivity contribution in [1.29, 1.82) is 0 Å². The van der Waals surface area contributed by atoms with E-state index in [9.17, 15) is 30.3 Å². The molecule has 0 atom stereocenters. The van der Waals surface area contributed by atoms with Crippen LogP contribution in [0.5, 0.6) is 5.75 Å². The number of anilines is 2. The minimum Gasteiger partial charge on any atom is -0.497 e. The maximum absolute atomic E-state index is 11.2. The van der Waals surface area contributed by atoms with E-state index in [1.54, 1.807) is 12.1 Å². The lowest BCUT2D eigenvalue weighted by Gasteiger charge is -2.08. The Balaban J connectivity index is 2.58. The van der Waals surface area contributed by atoms with Crippen molar-refractivity contribution in [3.05, 3.63) is 66.7 Å². The number of nitrogens with one attached hydrogen (secondary N) is 1. The van der Waals surface area contributed by atoms with Gasteiger partial charge in [0.2, 0.25) is 0 Å². The van der Waals surface area contributed by atoms with Gasteiger partial charge in [-0.25, -0.2) is 0 Å². The Kier molecular flexibility index (Phi) is 4.54. The first-order chi connectivity index (χ1) is 11.3. The molecule has 0 saturated carbocycles. The summed E-state index contributed by atoms with van der Waals surface area (Å²) in [6, 6.07) is 7.41. The predicted molar refractivity (Wildman–Crippen MR) is 82.7 cm³/mol. The Morgan fingerprint density at radius 1 is 0.875 bits per heavy atom. The number of non-ortho nitro benzene ring substituents is 1. The highest BCUT2D eigenvalue weighted by molar-refractivity contribution is 5.81. The van der Waals surface area contributed by atoms with Crippen LogP contribution >= 0.6 is 0 Å². The second-order valence-electron chi connectivity index (χ2n) is 4.48. The molecule has 2 aromatic rings. The summed E-state index contributed by atoms with van der Waals surface area (Å²) in [6.45, 7) is 0. The number of nitrogens with zero attached hydrogens (tertiary/aromatic N) is 3. The number of hydrogen-bond donors (Lipinski definition) is 1. The highest BCUT2D eigenvalue weighted by Gasteiger charge is 2.30. The van der Waals surface area contributed by atoms with Crippen LogP contribution in [0, 0.1) is 30.3 Å². The van der Waals surface area contributed by atoms with Crippen LogP contribution in [-0.2, 0) is 0 Å². The van der Waals surface area contributed by atoms with Crippen LogP contribution in [0.1, 0.15) is 0 Å². The molecule has 0 unspecified atom stereocenters. The number of methoxy groups -OCH3 is 1. The van der Waals surface area contributed by atoms with E-state index in [0.717, 1.165) is 0 Å². The van der Waals surface area contributed by atoms with Crippen LogP contribution in [-0.4, -0.2) is 21.9 Å². The number of hydrogen-bond acceptors (Lipinski definition) is 8. The van der Waals surface area contributed by atoms with Crippen LogP contribution in [0.2, 0.25) is 0 Å². The molecule has 0 aliphatic heterocycles. The maximum Gasteiger partial charge on any atom is 0.306 e. The Labute approximate surface area is 133 Å². The van der Waals surface area contributed by atoms with E-state index in [0.29, 0.717) is 23.6 Å². The van der Waals surface area contributed by atoms with Crippen molar-refractivity contribution in [3.63, 3.8) is 0 Å². The van der Waals surface area contributed by atoms with Gasteiger partial charge in [-0.15, -0.1) is 0 Å². The Morgan fingerprint density at radius 2 is 1.38 bits per heavy atom. The molecule has 11 heteroatoms. The summed E-state index contributed by atoms with van der Waals surface area (Å²) in [5.74, 6) is 0.522. The van der Waals surface area contributed by atoms with Gasteiger partial charge in [-0.05, 0) is 24.3 Å². The fourth-order valence-corrected chi connectivity index (χ4v) is 1.94. The fraction of sp³-hybridized carbons (Fsp3) is 0.0769. The van der Waals surface area contributed by atoms with E-state index < -0.39 is 37.5 Å². The summed E-state index contributed by atoms with van der Waals surface area (Å²) in [4.78, 5) is 30.4. The molecule has 0 heterocycles. The average molecular weight is 334 g/mol. The summed E-state index contributed by atoms with van der Waals surface area (Å²) in [5.41, 5.74) is -2.41. The first-order valence-corrected chi connectivity index (χ1v) is 6.35. The maximum atomic E-state index is 11.2. The summed E-state index contributed by atoms with van der Waals surface area (Å²) in [7, 11) is 1.45. The van der Waals surface area contributed by atoms with Crippen LogP contribution < -0.4 is 10.1 Å². The largest absolute Gasteiger partial charge is 0.497 e. The molecule has 0 fully saturated rings. The zero-order chi connectivity index (χ0) is 17.9.